The van der Waals surface area contributed by atoms with E-state index in [0.717, 1.165) is 24.2 Å². The molecule has 2 amide bonds. The van der Waals surface area contributed by atoms with Gasteiger partial charge in [-0.15, -0.1) is 11.3 Å². The molecule has 24 heavy (non-hydrogen) atoms. The summed E-state index contributed by atoms with van der Waals surface area (Å²) in [4.78, 5) is 26.5. The summed E-state index contributed by atoms with van der Waals surface area (Å²) < 4.78 is 4.95. The number of carbonyl (C=O) groups is 2. The second-order valence-corrected chi connectivity index (χ2v) is 6.76. The monoisotopic (exact) mass is 344 g/mol. The van der Waals surface area contributed by atoms with E-state index in [1.165, 1.54) is 17.4 Å². The molecule has 0 aliphatic carbocycles. The third-order valence-corrected chi connectivity index (χ3v) is 4.99. The molecule has 0 unspecified atom stereocenters. The summed E-state index contributed by atoms with van der Waals surface area (Å²) in [6, 6.07) is 9.65. The zero-order chi connectivity index (χ0) is 16.9. The molecule has 0 spiro atoms. The van der Waals surface area contributed by atoms with E-state index < -0.39 is 0 Å². The van der Waals surface area contributed by atoms with Crippen molar-refractivity contribution in [2.24, 2.45) is 0 Å². The molecule has 1 N–H and O–H groups in total. The minimum atomic E-state index is -0.280. The van der Waals surface area contributed by atoms with Crippen LogP contribution in [0, 0.1) is 0 Å². The van der Waals surface area contributed by atoms with Crippen molar-refractivity contribution >= 4 is 29.0 Å². The number of amides is 2. The molecule has 3 rings (SSSR count). The van der Waals surface area contributed by atoms with Gasteiger partial charge in [-0.05, 0) is 41.1 Å². The average molecular weight is 344 g/mol. The van der Waals surface area contributed by atoms with Crippen molar-refractivity contribution in [3.8, 4) is 0 Å². The number of anilines is 1. The Kier molecular flexibility index (Phi) is 5.15. The van der Waals surface area contributed by atoms with Gasteiger partial charge < -0.3 is 15.0 Å². The number of rotatable bonds is 4. The van der Waals surface area contributed by atoms with Crippen molar-refractivity contribution in [3.63, 3.8) is 0 Å². The Bertz CT molecular complexity index is 741. The number of nitrogens with zero attached hydrogens (tertiary/aromatic N) is 1. The van der Waals surface area contributed by atoms with Gasteiger partial charge in [0.05, 0.1) is 6.61 Å². The zero-order valence-electron chi connectivity index (χ0n) is 13.6. The van der Waals surface area contributed by atoms with Gasteiger partial charge in [0.25, 0.3) is 0 Å². The SMILES string of the molecule is CC(=O)OCCc1cccc(NC(=O)N2CCc3sccc3C2)c1. The van der Waals surface area contributed by atoms with Gasteiger partial charge in [-0.1, -0.05) is 12.1 Å². The minimum absolute atomic E-state index is 0.0796. The molecule has 1 aliphatic heterocycles. The number of esters is 1. The third-order valence-electron chi connectivity index (χ3n) is 3.97. The van der Waals surface area contributed by atoms with E-state index in [-0.39, 0.29) is 12.0 Å². The molecule has 1 aromatic heterocycles. The maximum absolute atomic E-state index is 12.5. The average Bonchev–Trinajstić information content (AvgIpc) is 3.02. The summed E-state index contributed by atoms with van der Waals surface area (Å²) >= 11 is 1.76. The van der Waals surface area contributed by atoms with Gasteiger partial charge in [0.15, 0.2) is 0 Å². The molecule has 126 valence electrons. The van der Waals surface area contributed by atoms with Gasteiger partial charge in [0.2, 0.25) is 0 Å². The highest BCUT2D eigenvalue weighted by Crippen LogP contribution is 2.24. The van der Waals surface area contributed by atoms with Crippen LogP contribution in [0.2, 0.25) is 0 Å². The van der Waals surface area contributed by atoms with Crippen LogP contribution in [0.4, 0.5) is 10.5 Å². The standard InChI is InChI=1S/C18H20N2O3S/c1-13(21)23-9-6-14-3-2-4-16(11-14)19-18(22)20-8-5-17-15(12-20)7-10-24-17/h2-4,7,10-11H,5-6,8-9,12H2,1H3,(H,19,22). The number of carbonyl (C=O) groups excluding carboxylic acids is 2. The van der Waals surface area contributed by atoms with Crippen LogP contribution < -0.4 is 5.32 Å². The second-order valence-electron chi connectivity index (χ2n) is 5.76. The van der Waals surface area contributed by atoms with Gasteiger partial charge in [-0.25, -0.2) is 4.79 Å². The molecule has 0 radical (unpaired) electrons. The Labute approximate surface area is 145 Å². The summed E-state index contributed by atoms with van der Waals surface area (Å²) in [5.41, 5.74) is 3.03. The van der Waals surface area contributed by atoms with E-state index in [0.29, 0.717) is 19.6 Å². The van der Waals surface area contributed by atoms with Crippen molar-refractivity contribution in [2.75, 3.05) is 18.5 Å². The first-order valence-electron chi connectivity index (χ1n) is 7.95. The van der Waals surface area contributed by atoms with Gasteiger partial charge in [0, 0.05) is 37.0 Å². The molecule has 2 heterocycles. The summed E-state index contributed by atoms with van der Waals surface area (Å²) in [5.74, 6) is -0.280. The molecule has 1 aromatic carbocycles. The number of benzene rings is 1. The lowest BCUT2D eigenvalue weighted by Crippen LogP contribution is -2.38. The summed E-state index contributed by atoms with van der Waals surface area (Å²) in [6.45, 7) is 3.15. The zero-order valence-corrected chi connectivity index (χ0v) is 14.4. The topological polar surface area (TPSA) is 58.6 Å². The van der Waals surface area contributed by atoms with Gasteiger partial charge in [0.1, 0.15) is 0 Å². The summed E-state index contributed by atoms with van der Waals surface area (Å²) in [6.07, 6.45) is 1.55. The van der Waals surface area contributed by atoms with Crippen LogP contribution in [-0.2, 0) is 28.9 Å². The van der Waals surface area contributed by atoms with Gasteiger partial charge in [-0.2, -0.15) is 0 Å². The predicted octanol–water partition coefficient (Wildman–Crippen LogP) is 3.44. The number of hydrogen-bond donors (Lipinski definition) is 1. The lowest BCUT2D eigenvalue weighted by atomic mass is 10.1. The van der Waals surface area contributed by atoms with Crippen LogP contribution in [0.25, 0.3) is 0 Å². The van der Waals surface area contributed by atoms with Crippen molar-refractivity contribution in [1.29, 1.82) is 0 Å². The predicted molar refractivity (Wildman–Crippen MR) is 94.2 cm³/mol. The normalized spacial score (nSPS) is 13.3. The van der Waals surface area contributed by atoms with Crippen LogP contribution in [-0.4, -0.2) is 30.1 Å². The Morgan fingerprint density at radius 3 is 3.04 bits per heavy atom. The fraction of sp³-hybridized carbons (Fsp3) is 0.333. The Balaban J connectivity index is 1.57. The van der Waals surface area contributed by atoms with E-state index in [2.05, 4.69) is 16.8 Å². The maximum Gasteiger partial charge on any atom is 0.322 e. The molecule has 5 nitrogen and oxygen atoms in total. The number of nitrogens with one attached hydrogen (secondary N) is 1. The van der Waals surface area contributed by atoms with Crippen molar-refractivity contribution in [3.05, 3.63) is 51.7 Å². The molecule has 0 saturated carbocycles. The number of fused-ring (bicyclic) bond motifs is 1. The highest BCUT2D eigenvalue weighted by molar-refractivity contribution is 7.10. The molecule has 1 aliphatic rings. The van der Waals surface area contributed by atoms with E-state index in [1.54, 1.807) is 11.3 Å². The van der Waals surface area contributed by atoms with Crippen LogP contribution in [0.3, 0.4) is 0 Å². The number of hydrogen-bond acceptors (Lipinski definition) is 4. The molecule has 0 atom stereocenters. The Morgan fingerprint density at radius 1 is 1.33 bits per heavy atom. The molecule has 6 heteroatoms. The number of thiophene rings is 1. The van der Waals surface area contributed by atoms with Crippen LogP contribution in [0.5, 0.6) is 0 Å². The lowest BCUT2D eigenvalue weighted by Gasteiger charge is -2.27. The third kappa shape index (κ3) is 4.14. The summed E-state index contributed by atoms with van der Waals surface area (Å²) in [7, 11) is 0. The smallest absolute Gasteiger partial charge is 0.322 e. The maximum atomic E-state index is 12.5. The first-order valence-corrected chi connectivity index (χ1v) is 8.83. The van der Waals surface area contributed by atoms with Crippen molar-refractivity contribution in [1.82, 2.24) is 4.90 Å². The van der Waals surface area contributed by atoms with Crippen LogP contribution in [0.1, 0.15) is 22.9 Å². The highest BCUT2D eigenvalue weighted by atomic mass is 32.1. The van der Waals surface area contributed by atoms with Gasteiger partial charge in [-0.3, -0.25) is 4.79 Å². The largest absolute Gasteiger partial charge is 0.466 e. The summed E-state index contributed by atoms with van der Waals surface area (Å²) in [5, 5.41) is 5.04. The number of urea groups is 1. The van der Waals surface area contributed by atoms with E-state index >= 15 is 0 Å². The second kappa shape index (κ2) is 7.49. The molecular formula is C18H20N2O3S. The van der Waals surface area contributed by atoms with E-state index in [9.17, 15) is 9.59 Å². The van der Waals surface area contributed by atoms with Crippen LogP contribution >= 0.6 is 11.3 Å². The first-order chi connectivity index (χ1) is 11.6. The molecular weight excluding hydrogens is 324 g/mol. The lowest BCUT2D eigenvalue weighted by molar-refractivity contribution is -0.140. The Morgan fingerprint density at radius 2 is 2.21 bits per heavy atom. The fourth-order valence-corrected chi connectivity index (χ4v) is 3.63. The Hall–Kier alpha value is -2.34. The highest BCUT2D eigenvalue weighted by Gasteiger charge is 2.21. The van der Waals surface area contributed by atoms with Crippen molar-refractivity contribution in [2.45, 2.75) is 26.3 Å². The minimum Gasteiger partial charge on any atom is -0.466 e. The van der Waals surface area contributed by atoms with E-state index in [4.69, 9.17) is 4.74 Å². The first kappa shape index (κ1) is 16.5. The molecule has 0 saturated heterocycles. The molecule has 2 aromatic rings. The van der Waals surface area contributed by atoms with Crippen molar-refractivity contribution < 1.29 is 14.3 Å². The van der Waals surface area contributed by atoms with Gasteiger partial charge >= 0.3 is 12.0 Å². The fourth-order valence-electron chi connectivity index (χ4n) is 2.74. The molecule has 0 fully saturated rings. The number of ether oxygens (including phenoxy) is 1. The van der Waals surface area contributed by atoms with E-state index in [1.807, 2.05) is 29.2 Å². The quantitative estimate of drug-likeness (QED) is 0.864. The molecule has 0 bridgehead atoms. The van der Waals surface area contributed by atoms with Crippen LogP contribution in [0.15, 0.2) is 35.7 Å².